The summed E-state index contributed by atoms with van der Waals surface area (Å²) in [6, 6.07) is 5.78. The van der Waals surface area contributed by atoms with E-state index in [0.717, 1.165) is 0 Å². The standard InChI is InChI=1S/C12H12FNO2/c1-14-5-4-10(15)12-7-8-6-9(13)2-3-11(8)16-12/h2-3,6-7,14H,4-5H2,1H3. The summed E-state index contributed by atoms with van der Waals surface area (Å²) in [5, 5.41) is 3.51. The van der Waals surface area contributed by atoms with Gasteiger partial charge in [-0.15, -0.1) is 0 Å². The van der Waals surface area contributed by atoms with Crippen molar-refractivity contribution in [1.82, 2.24) is 5.32 Å². The average Bonchev–Trinajstić information content (AvgIpc) is 2.68. The van der Waals surface area contributed by atoms with Crippen molar-refractivity contribution in [3.05, 3.63) is 35.8 Å². The molecule has 0 atom stereocenters. The Labute approximate surface area is 92.2 Å². The first-order chi connectivity index (χ1) is 7.70. The molecule has 0 spiro atoms. The summed E-state index contributed by atoms with van der Waals surface area (Å²) in [4.78, 5) is 11.6. The molecule has 1 aromatic carbocycles. The SMILES string of the molecule is CNCCC(=O)c1cc2cc(F)ccc2o1. The fraction of sp³-hybridized carbons (Fsp3) is 0.250. The molecule has 0 aliphatic heterocycles. The highest BCUT2D eigenvalue weighted by molar-refractivity contribution is 5.97. The largest absolute Gasteiger partial charge is 0.453 e. The quantitative estimate of drug-likeness (QED) is 0.806. The average molecular weight is 221 g/mol. The van der Waals surface area contributed by atoms with Crippen LogP contribution >= 0.6 is 0 Å². The van der Waals surface area contributed by atoms with Crippen LogP contribution in [0.15, 0.2) is 28.7 Å². The molecular weight excluding hydrogens is 209 g/mol. The fourth-order valence-electron chi connectivity index (χ4n) is 1.51. The number of rotatable bonds is 4. The minimum atomic E-state index is -0.331. The van der Waals surface area contributed by atoms with Gasteiger partial charge in [-0.25, -0.2) is 4.39 Å². The third-order valence-corrected chi connectivity index (χ3v) is 2.36. The van der Waals surface area contributed by atoms with Gasteiger partial charge in [-0.05, 0) is 31.3 Å². The highest BCUT2D eigenvalue weighted by atomic mass is 19.1. The second-order valence-corrected chi connectivity index (χ2v) is 3.57. The van der Waals surface area contributed by atoms with E-state index in [9.17, 15) is 9.18 Å². The van der Waals surface area contributed by atoms with Crippen LogP contribution in [0, 0.1) is 5.82 Å². The minimum absolute atomic E-state index is 0.0778. The molecule has 3 nitrogen and oxygen atoms in total. The summed E-state index contributed by atoms with van der Waals surface area (Å²) in [7, 11) is 1.78. The Kier molecular flexibility index (Phi) is 3.01. The molecule has 0 unspecified atom stereocenters. The lowest BCUT2D eigenvalue weighted by Gasteiger charge is -1.95. The van der Waals surface area contributed by atoms with Gasteiger partial charge in [0.25, 0.3) is 0 Å². The number of fused-ring (bicyclic) bond motifs is 1. The van der Waals surface area contributed by atoms with E-state index in [0.29, 0.717) is 23.9 Å². The topological polar surface area (TPSA) is 42.2 Å². The number of nitrogens with one attached hydrogen (secondary N) is 1. The highest BCUT2D eigenvalue weighted by Crippen LogP contribution is 2.21. The molecule has 84 valence electrons. The van der Waals surface area contributed by atoms with Crippen molar-refractivity contribution in [2.75, 3.05) is 13.6 Å². The maximum absolute atomic E-state index is 12.9. The number of furan rings is 1. The number of carbonyl (C=O) groups excluding carboxylic acids is 1. The third kappa shape index (κ3) is 2.12. The summed E-state index contributed by atoms with van der Waals surface area (Å²) in [6.07, 6.45) is 0.374. The van der Waals surface area contributed by atoms with Crippen LogP contribution in [-0.4, -0.2) is 19.4 Å². The van der Waals surface area contributed by atoms with Crippen LogP contribution in [0.5, 0.6) is 0 Å². The number of halogens is 1. The van der Waals surface area contributed by atoms with Crippen LogP contribution in [0.25, 0.3) is 11.0 Å². The minimum Gasteiger partial charge on any atom is -0.453 e. The van der Waals surface area contributed by atoms with Gasteiger partial charge in [-0.1, -0.05) is 0 Å². The molecule has 0 fully saturated rings. The molecule has 1 N–H and O–H groups in total. The second-order valence-electron chi connectivity index (χ2n) is 3.57. The van der Waals surface area contributed by atoms with Gasteiger partial charge in [0.2, 0.25) is 0 Å². The summed E-state index contributed by atoms with van der Waals surface area (Å²) in [5.41, 5.74) is 0.536. The molecule has 4 heteroatoms. The molecule has 1 heterocycles. The zero-order valence-electron chi connectivity index (χ0n) is 8.92. The number of carbonyl (C=O) groups is 1. The molecule has 0 radical (unpaired) electrons. The van der Waals surface area contributed by atoms with Crippen molar-refractivity contribution in [3.8, 4) is 0 Å². The molecular formula is C12H12FNO2. The van der Waals surface area contributed by atoms with Gasteiger partial charge in [0, 0.05) is 18.4 Å². The lowest BCUT2D eigenvalue weighted by atomic mass is 10.2. The summed E-state index contributed by atoms with van der Waals surface area (Å²) in [6.45, 7) is 0.601. The zero-order chi connectivity index (χ0) is 11.5. The Morgan fingerprint density at radius 3 is 3.00 bits per heavy atom. The highest BCUT2D eigenvalue weighted by Gasteiger charge is 2.11. The first-order valence-corrected chi connectivity index (χ1v) is 5.07. The number of ketones is 1. The number of hydrogen-bond donors (Lipinski definition) is 1. The molecule has 0 saturated heterocycles. The molecule has 0 aliphatic carbocycles. The predicted octanol–water partition coefficient (Wildman–Crippen LogP) is 2.36. The number of Topliss-reactive ketones (excluding diaryl/α,β-unsaturated/α-hetero) is 1. The molecule has 0 bridgehead atoms. The molecule has 1 aromatic heterocycles. The van der Waals surface area contributed by atoms with E-state index in [1.807, 2.05) is 0 Å². The Morgan fingerprint density at radius 1 is 1.44 bits per heavy atom. The molecule has 2 rings (SSSR count). The Hall–Kier alpha value is -1.68. The molecule has 16 heavy (non-hydrogen) atoms. The van der Waals surface area contributed by atoms with Crippen molar-refractivity contribution in [2.45, 2.75) is 6.42 Å². The maximum atomic E-state index is 12.9. The number of benzene rings is 1. The van der Waals surface area contributed by atoms with Gasteiger partial charge >= 0.3 is 0 Å². The molecule has 2 aromatic rings. The Bertz CT molecular complexity index is 519. The van der Waals surface area contributed by atoms with E-state index >= 15 is 0 Å². The van der Waals surface area contributed by atoms with Crippen molar-refractivity contribution in [2.24, 2.45) is 0 Å². The normalized spacial score (nSPS) is 10.9. The van der Waals surface area contributed by atoms with Gasteiger partial charge in [0.05, 0.1) is 0 Å². The predicted molar refractivity (Wildman–Crippen MR) is 59.0 cm³/mol. The van der Waals surface area contributed by atoms with Crippen molar-refractivity contribution >= 4 is 16.8 Å². The molecule has 0 aliphatic rings. The van der Waals surface area contributed by atoms with Crippen LogP contribution < -0.4 is 5.32 Å². The van der Waals surface area contributed by atoms with Gasteiger partial charge in [-0.3, -0.25) is 4.79 Å². The van der Waals surface area contributed by atoms with E-state index in [-0.39, 0.29) is 17.4 Å². The molecule has 0 saturated carbocycles. The van der Waals surface area contributed by atoms with E-state index in [1.165, 1.54) is 18.2 Å². The lowest BCUT2D eigenvalue weighted by Crippen LogP contribution is -2.12. The van der Waals surface area contributed by atoms with E-state index in [4.69, 9.17) is 4.42 Å². The Balaban J connectivity index is 2.28. The zero-order valence-corrected chi connectivity index (χ0v) is 8.92. The van der Waals surface area contributed by atoms with Gasteiger partial charge in [0.1, 0.15) is 11.4 Å². The van der Waals surface area contributed by atoms with Gasteiger partial charge < -0.3 is 9.73 Å². The van der Waals surface area contributed by atoms with Crippen LogP contribution in [-0.2, 0) is 0 Å². The smallest absolute Gasteiger partial charge is 0.199 e. The van der Waals surface area contributed by atoms with Crippen LogP contribution in [0.4, 0.5) is 4.39 Å². The van der Waals surface area contributed by atoms with Gasteiger partial charge in [0.15, 0.2) is 11.5 Å². The first kappa shape index (κ1) is 10.8. The van der Waals surface area contributed by atoms with Crippen LogP contribution in [0.1, 0.15) is 17.0 Å². The Morgan fingerprint density at radius 2 is 2.25 bits per heavy atom. The fourth-order valence-corrected chi connectivity index (χ4v) is 1.51. The summed E-state index contributed by atoms with van der Waals surface area (Å²) < 4.78 is 18.3. The lowest BCUT2D eigenvalue weighted by molar-refractivity contribution is 0.0958. The van der Waals surface area contributed by atoms with E-state index in [2.05, 4.69) is 5.32 Å². The van der Waals surface area contributed by atoms with Crippen molar-refractivity contribution < 1.29 is 13.6 Å². The summed E-state index contributed by atoms with van der Waals surface area (Å²) >= 11 is 0. The van der Waals surface area contributed by atoms with Crippen molar-refractivity contribution in [1.29, 1.82) is 0 Å². The first-order valence-electron chi connectivity index (χ1n) is 5.07. The molecule has 0 amide bonds. The van der Waals surface area contributed by atoms with Crippen LogP contribution in [0.2, 0.25) is 0 Å². The summed E-state index contributed by atoms with van der Waals surface area (Å²) in [5.74, 6) is -0.121. The third-order valence-electron chi connectivity index (χ3n) is 2.36. The van der Waals surface area contributed by atoms with E-state index in [1.54, 1.807) is 13.1 Å². The van der Waals surface area contributed by atoms with Crippen LogP contribution in [0.3, 0.4) is 0 Å². The number of hydrogen-bond acceptors (Lipinski definition) is 3. The maximum Gasteiger partial charge on any atom is 0.199 e. The van der Waals surface area contributed by atoms with Gasteiger partial charge in [-0.2, -0.15) is 0 Å². The monoisotopic (exact) mass is 221 g/mol. The van der Waals surface area contributed by atoms with E-state index < -0.39 is 0 Å². The van der Waals surface area contributed by atoms with Crippen molar-refractivity contribution in [3.63, 3.8) is 0 Å². The second kappa shape index (κ2) is 4.45.